The average molecular weight is 2110 g/mol. The summed E-state index contributed by atoms with van der Waals surface area (Å²) < 4.78 is 87.1. The van der Waals surface area contributed by atoms with Gasteiger partial charge in [0.25, 0.3) is 0 Å². The Morgan fingerprint density at radius 2 is 0.710 bits per heavy atom. The van der Waals surface area contributed by atoms with Crippen LogP contribution in [0.25, 0.3) is 56.0 Å². The highest BCUT2D eigenvalue weighted by atomic mass is 127. The monoisotopic (exact) mass is 2110 g/mol. The number of anilines is 3. The third kappa shape index (κ3) is 26.6. The number of amides is 9. The topological polar surface area (TPSA) is 420 Å². The van der Waals surface area contributed by atoms with Crippen LogP contribution in [-0.2, 0) is 66.5 Å². The van der Waals surface area contributed by atoms with Gasteiger partial charge in [0, 0.05) is 74.4 Å². The minimum Gasteiger partial charge on any atom is -0.453 e. The molecule has 7 aliphatic heterocycles. The number of aromatic nitrogens is 6. The Hall–Kier alpha value is -13.5. The summed E-state index contributed by atoms with van der Waals surface area (Å²) >= 11 is 1.87. The summed E-state index contributed by atoms with van der Waals surface area (Å²) in [5.74, 6) is 0.233. The van der Waals surface area contributed by atoms with Crippen LogP contribution < -0.4 is 36.1 Å². The molecule has 3 aromatic heterocycles. The number of imidazole rings is 3. The van der Waals surface area contributed by atoms with Crippen molar-refractivity contribution >= 4 is 124 Å². The second kappa shape index (κ2) is 48.0. The SMILES string of the molecule is CC(=O)N1CCC[C@H]1c1ncc(-c2ccc(B3OC(C)(C)C(C)(C)O3)cc2)[nH]1.COC(=O)N[C@H](C(=O)CC[C@H]1CN(c2ccc(-c3ccc(-c4cnc([C@@H]5CCCN5C(C)=O)[nH]4)cc3)c(F)c2)C(=O)O1)C(C)C.COC(=O)N[C@H](C(=O)CC[C@H]1CN(c2ccc(-c3ccc(-c4cnc([C@@H]5CCCN5C(C)=O)[nH]4)cc3)c(F)c2)C(=O)O1)C(C)C.COC(=O)N[C@H](C(=O)CC[C@H]1CN(c2ccc(I)c(F)c2)C(=O)O1)C(C)C. The molecule has 7 aliphatic rings. The van der Waals surface area contributed by atoms with Gasteiger partial charge in [0.15, 0.2) is 17.3 Å². The van der Waals surface area contributed by atoms with E-state index in [4.69, 9.17) is 23.5 Å². The van der Waals surface area contributed by atoms with Crippen molar-refractivity contribution in [3.05, 3.63) is 184 Å². The summed E-state index contributed by atoms with van der Waals surface area (Å²) in [6.45, 7) is 26.8. The number of H-pyrrole nitrogens is 3. The highest BCUT2D eigenvalue weighted by molar-refractivity contribution is 14.1. The first kappa shape index (κ1) is 109. The zero-order valence-electron chi connectivity index (χ0n) is 84.3. The van der Waals surface area contributed by atoms with Gasteiger partial charge in [-0.25, -0.2) is 56.9 Å². The van der Waals surface area contributed by atoms with Gasteiger partial charge in [-0.15, -0.1) is 0 Å². The van der Waals surface area contributed by atoms with E-state index in [1.165, 1.54) is 54.2 Å². The average Bonchev–Trinajstić information content (AvgIpc) is 1.62. The highest BCUT2D eigenvalue weighted by Gasteiger charge is 2.52. The van der Waals surface area contributed by atoms with E-state index in [0.29, 0.717) is 49.3 Å². The molecule has 9 amide bonds. The Bertz CT molecular complexity index is 5930. The predicted octanol–water partition coefficient (Wildman–Crippen LogP) is 17.8. The van der Waals surface area contributed by atoms with Crippen LogP contribution in [0.5, 0.6) is 0 Å². The molecule has 0 bridgehead atoms. The van der Waals surface area contributed by atoms with Gasteiger partial charge in [0.2, 0.25) is 17.7 Å². The van der Waals surface area contributed by atoms with E-state index >= 15 is 8.78 Å². The van der Waals surface area contributed by atoms with Gasteiger partial charge < -0.3 is 83.3 Å². The smallest absolute Gasteiger partial charge is 0.453 e. The number of aromatic amines is 3. The number of ether oxygens (including phenoxy) is 6. The van der Waals surface area contributed by atoms with Crippen LogP contribution >= 0.6 is 22.6 Å². The lowest BCUT2D eigenvalue weighted by Gasteiger charge is -2.32. The van der Waals surface area contributed by atoms with Gasteiger partial charge in [-0.1, -0.05) is 114 Å². The Balaban J connectivity index is 0.000000166. The maximum Gasteiger partial charge on any atom is 0.494 e. The number of cyclic esters (lactones) is 3. The van der Waals surface area contributed by atoms with E-state index < -0.39 is 90.4 Å². The first-order valence-corrected chi connectivity index (χ1v) is 49.8. The third-order valence-electron chi connectivity index (χ3n) is 27.4. The maximum absolute atomic E-state index is 15.4. The van der Waals surface area contributed by atoms with Crippen molar-refractivity contribution in [2.24, 2.45) is 17.8 Å². The van der Waals surface area contributed by atoms with E-state index in [-0.39, 0.29) is 141 Å². The fourth-order valence-electron chi connectivity index (χ4n) is 18.6. The number of alkyl carbamates (subject to hydrolysis) is 3. The lowest BCUT2D eigenvalue weighted by Crippen LogP contribution is -2.44. The summed E-state index contributed by atoms with van der Waals surface area (Å²) in [6.07, 6.45) is 6.71. The molecule has 6 aromatic carbocycles. The maximum atomic E-state index is 15.4. The van der Waals surface area contributed by atoms with Crippen LogP contribution in [0.4, 0.5) is 59.0 Å². The van der Waals surface area contributed by atoms with Gasteiger partial charge in [-0.3, -0.25) is 43.5 Å². The minimum atomic E-state index is -0.714. The van der Waals surface area contributed by atoms with Crippen molar-refractivity contribution in [3.8, 4) is 56.0 Å². The van der Waals surface area contributed by atoms with Crippen LogP contribution in [0, 0.1) is 38.8 Å². The molecule has 40 heteroatoms. The molecule has 0 aliphatic carbocycles. The zero-order valence-corrected chi connectivity index (χ0v) is 86.4. The molecule has 0 spiro atoms. The Morgan fingerprint density at radius 1 is 0.428 bits per heavy atom. The Labute approximate surface area is 854 Å². The standard InChI is InChI=1S/2C33H38FN5O6.C21H28BN3O3.C18H22FIN2O5/c2*1-19(2)30(37-32(42)44-4)29(41)14-12-24-18-39(33(43)45-24)23-11-13-25(26(34)16-23)21-7-9-22(10-8-21)27-17-35-31(36-27)28-6-5-15-38(28)20(3)40;1-14(26)25-12-6-7-18(25)19-23-13-17(24-19)15-8-10-16(11-9-15)22-27-20(2,3)21(4,5)28-22;1-10(2)16(21-17(24)26-3)15(23)7-5-12-9-22(18(25)27-12)11-4-6-14(20)13(19)8-11/h2*7-11,13,16-17,19,24,28,30H,5-6,12,14-15,18H2,1-4H3,(H,35,36)(H,37,42);8-11,13,18H,6-7,12H2,1-5H3,(H,23,24);4,6,8,10,12,16H,5,7,9H2,1-3H3,(H,21,24)/t2*24-,28-,30-;18-;12-,16-/m0000/s1. The summed E-state index contributed by atoms with van der Waals surface area (Å²) in [5.41, 5.74) is 8.91. The lowest BCUT2D eigenvalue weighted by molar-refractivity contribution is -0.130. The summed E-state index contributed by atoms with van der Waals surface area (Å²) in [4.78, 5) is 179. The van der Waals surface area contributed by atoms with Crippen LogP contribution in [0.2, 0.25) is 0 Å². The first-order valence-electron chi connectivity index (χ1n) is 48.8. The number of carbonyl (C=O) groups excluding carboxylic acids is 12. The molecule has 0 saturated carbocycles. The number of hydrogen-bond acceptors (Lipinski definition) is 23. The van der Waals surface area contributed by atoms with Crippen molar-refractivity contribution in [1.29, 1.82) is 0 Å². The van der Waals surface area contributed by atoms with Crippen LogP contribution in [0.3, 0.4) is 0 Å². The number of nitrogens with one attached hydrogen (secondary N) is 6. The molecule has 16 rings (SSSR count). The Morgan fingerprint density at radius 3 is 0.986 bits per heavy atom. The molecular weight excluding hydrogens is 1990 g/mol. The zero-order chi connectivity index (χ0) is 105. The lowest BCUT2D eigenvalue weighted by atomic mass is 9.79. The fourth-order valence-corrected chi connectivity index (χ4v) is 18.9. The van der Waals surface area contributed by atoms with E-state index in [1.807, 2.05) is 146 Å². The number of carbonyl (C=O) groups is 12. The van der Waals surface area contributed by atoms with E-state index in [1.54, 1.807) is 69.6 Å². The van der Waals surface area contributed by atoms with Crippen molar-refractivity contribution in [2.45, 2.75) is 233 Å². The number of Topliss-reactive ketones (excluding diaryl/α,β-unsaturated/α-hetero) is 3. The van der Waals surface area contributed by atoms with Crippen molar-refractivity contribution in [1.82, 2.24) is 60.6 Å². The number of rotatable bonds is 30. The molecule has 35 nitrogen and oxygen atoms in total. The second-order valence-electron chi connectivity index (χ2n) is 38.9. The molecule has 9 atom stereocenters. The molecule has 7 fully saturated rings. The van der Waals surface area contributed by atoms with Gasteiger partial charge in [-0.2, -0.15) is 0 Å². The molecule has 145 heavy (non-hydrogen) atoms. The summed E-state index contributed by atoms with van der Waals surface area (Å²) in [5, 5.41) is 7.63. The number of ketones is 3. The second-order valence-corrected chi connectivity index (χ2v) is 40.0. The third-order valence-corrected chi connectivity index (χ3v) is 28.3. The molecule has 6 N–H and O–H groups in total. The normalized spacial score (nSPS) is 19.4. The van der Waals surface area contributed by atoms with Gasteiger partial charge in [-0.05, 0) is 214 Å². The van der Waals surface area contributed by atoms with Crippen molar-refractivity contribution in [3.63, 3.8) is 0 Å². The molecule has 7 saturated heterocycles. The van der Waals surface area contributed by atoms with Crippen LogP contribution in [0.15, 0.2) is 146 Å². The van der Waals surface area contributed by atoms with Crippen molar-refractivity contribution < 1.29 is 108 Å². The quantitative estimate of drug-likeness (QED) is 0.0138. The number of methoxy groups -OCH3 is 3. The molecule has 0 unspecified atom stereocenters. The summed E-state index contributed by atoms with van der Waals surface area (Å²) in [6, 6.07) is 34.5. The molecule has 9 aromatic rings. The number of benzene rings is 6. The number of nitrogens with zero attached hydrogens (tertiary/aromatic N) is 9. The molecule has 10 heterocycles. The van der Waals surface area contributed by atoms with E-state index in [0.717, 1.165) is 115 Å². The van der Waals surface area contributed by atoms with Gasteiger partial charge in [0.05, 0.1) is 141 Å². The molecular formula is C105H126BF3IN15O20. The molecule has 772 valence electrons. The highest BCUT2D eigenvalue weighted by Crippen LogP contribution is 2.41. The minimum absolute atomic E-state index is 0.0346. The number of halogens is 4. The van der Waals surface area contributed by atoms with Crippen molar-refractivity contribution in [2.75, 3.05) is 75.3 Å². The van der Waals surface area contributed by atoms with Crippen LogP contribution in [-0.4, -0.2) is 232 Å². The molecule has 0 radical (unpaired) electrons. The summed E-state index contributed by atoms with van der Waals surface area (Å²) in [7, 11) is 3.33. The van der Waals surface area contributed by atoms with Crippen LogP contribution in [0.1, 0.15) is 203 Å². The number of likely N-dealkylation sites (tertiary alicyclic amines) is 3. The van der Waals surface area contributed by atoms with Gasteiger partial charge >= 0.3 is 43.7 Å². The number of hydrogen-bond donors (Lipinski definition) is 6. The predicted molar refractivity (Wildman–Crippen MR) is 544 cm³/mol. The van der Waals surface area contributed by atoms with Gasteiger partial charge in [0.1, 0.15) is 53.2 Å². The largest absolute Gasteiger partial charge is 0.494 e. The van der Waals surface area contributed by atoms with E-state index in [9.17, 15) is 61.9 Å². The Kier molecular flexibility index (Phi) is 36.0. The first-order chi connectivity index (χ1) is 69.0. The fraction of sp³-hybridized carbons (Fsp3) is 0.457. The van der Waals surface area contributed by atoms with E-state index in [2.05, 4.69) is 99.9 Å².